The number of aliphatic imine (C=N–C) groups is 1. The van der Waals surface area contributed by atoms with Crippen LogP contribution in [0, 0.1) is 5.41 Å². The lowest BCUT2D eigenvalue weighted by Gasteiger charge is -2.21. The van der Waals surface area contributed by atoms with Gasteiger partial charge < -0.3 is 15.6 Å². The summed E-state index contributed by atoms with van der Waals surface area (Å²) in [5.41, 5.74) is 2.60. The van der Waals surface area contributed by atoms with E-state index in [-0.39, 0.29) is 34.1 Å². The third kappa shape index (κ3) is 9.13. The van der Waals surface area contributed by atoms with Crippen molar-refractivity contribution >= 4 is 35.8 Å². The first-order valence-electron chi connectivity index (χ1n) is 9.86. The highest BCUT2D eigenvalue weighted by atomic mass is 35.5. The second-order valence-corrected chi connectivity index (χ2v) is 8.44. The van der Waals surface area contributed by atoms with E-state index in [1.807, 2.05) is 6.92 Å². The highest BCUT2D eigenvalue weighted by Crippen LogP contribution is 2.24. The molecular weight excluding hydrogens is 412 g/mol. The van der Waals surface area contributed by atoms with Gasteiger partial charge in [0.2, 0.25) is 0 Å². The van der Waals surface area contributed by atoms with Gasteiger partial charge in [-0.15, -0.1) is 0 Å². The number of hydrogen-bond acceptors (Lipinski definition) is 4. The van der Waals surface area contributed by atoms with Gasteiger partial charge in [-0.3, -0.25) is 9.59 Å². The summed E-state index contributed by atoms with van der Waals surface area (Å²) in [6.07, 6.45) is 2.06. The highest BCUT2D eigenvalue weighted by Gasteiger charge is 2.15. The minimum Gasteiger partial charge on any atom is -0.346 e. The third-order valence-corrected chi connectivity index (χ3v) is 4.60. The molecule has 1 atom stereocenters. The van der Waals surface area contributed by atoms with Crippen LogP contribution >= 0.6 is 11.6 Å². The molecular formula is C24H31ClN4O2. The number of pyridine rings is 1. The van der Waals surface area contributed by atoms with Gasteiger partial charge in [0.25, 0.3) is 11.8 Å². The van der Waals surface area contributed by atoms with Gasteiger partial charge in [0.1, 0.15) is 10.8 Å². The fraction of sp³-hybridized carbons (Fsp3) is 0.333. The molecule has 1 aromatic carbocycles. The number of amides is 2. The van der Waals surface area contributed by atoms with Gasteiger partial charge >= 0.3 is 0 Å². The van der Waals surface area contributed by atoms with Gasteiger partial charge in [-0.05, 0) is 62.4 Å². The van der Waals surface area contributed by atoms with Gasteiger partial charge in [-0.2, -0.15) is 0 Å². The lowest BCUT2D eigenvalue weighted by atomic mass is 9.86. The molecule has 0 saturated carbocycles. The van der Waals surface area contributed by atoms with Gasteiger partial charge in [-0.25, -0.2) is 4.98 Å². The Bertz CT molecular complexity index is 931. The van der Waals surface area contributed by atoms with Gasteiger partial charge in [0.15, 0.2) is 0 Å². The summed E-state index contributed by atoms with van der Waals surface area (Å²) in [6.45, 7) is 13.5. The Morgan fingerprint density at radius 3 is 2.23 bits per heavy atom. The number of benzene rings is 1. The second kappa shape index (κ2) is 12.0. The first kappa shape index (κ1) is 26.0. The zero-order chi connectivity index (χ0) is 23.6. The van der Waals surface area contributed by atoms with Crippen molar-refractivity contribution in [3.63, 3.8) is 0 Å². The molecule has 1 unspecified atom stereocenters. The van der Waals surface area contributed by atoms with Crippen LogP contribution in [0.5, 0.6) is 0 Å². The molecule has 0 bridgehead atoms. The average molecular weight is 443 g/mol. The zero-order valence-electron chi connectivity index (χ0n) is 19.0. The number of allylic oxidation sites excluding steroid dienone is 1. The van der Waals surface area contributed by atoms with Gasteiger partial charge in [0.05, 0.1) is 0 Å². The Balaban J connectivity index is 0.00000151. The van der Waals surface area contributed by atoms with Crippen molar-refractivity contribution in [1.82, 2.24) is 10.3 Å². The smallest absolute Gasteiger partial charge is 0.274 e. The van der Waals surface area contributed by atoms with Crippen molar-refractivity contribution in [2.24, 2.45) is 10.4 Å². The zero-order valence-corrected chi connectivity index (χ0v) is 19.7. The average Bonchev–Trinajstić information content (AvgIpc) is 2.68. The molecule has 7 heteroatoms. The Kier molecular flexibility index (Phi) is 10.1. The molecule has 166 valence electrons. The van der Waals surface area contributed by atoms with E-state index < -0.39 is 0 Å². The predicted molar refractivity (Wildman–Crippen MR) is 129 cm³/mol. The van der Waals surface area contributed by atoms with Gasteiger partial charge in [0, 0.05) is 24.3 Å². The summed E-state index contributed by atoms with van der Waals surface area (Å²) >= 11 is 5.81. The molecule has 1 heterocycles. The molecule has 1 aromatic heterocycles. The van der Waals surface area contributed by atoms with E-state index in [9.17, 15) is 9.59 Å². The fourth-order valence-electron chi connectivity index (χ4n) is 2.39. The molecule has 2 rings (SSSR count). The lowest BCUT2D eigenvalue weighted by Crippen LogP contribution is -2.31. The number of halogens is 1. The second-order valence-electron chi connectivity index (χ2n) is 8.06. The van der Waals surface area contributed by atoms with E-state index in [1.54, 1.807) is 49.5 Å². The minimum absolute atomic E-state index is 0.0662. The number of hydrogen-bond donors (Lipinski definition) is 2. The topological polar surface area (TPSA) is 83.5 Å². The maximum Gasteiger partial charge on any atom is 0.274 e. The van der Waals surface area contributed by atoms with Crippen molar-refractivity contribution in [2.45, 2.75) is 40.7 Å². The molecule has 31 heavy (non-hydrogen) atoms. The highest BCUT2D eigenvalue weighted by molar-refractivity contribution is 6.29. The summed E-state index contributed by atoms with van der Waals surface area (Å²) in [5, 5.41) is 5.95. The fourth-order valence-corrected chi connectivity index (χ4v) is 2.56. The first-order valence-corrected chi connectivity index (χ1v) is 10.2. The predicted octanol–water partition coefficient (Wildman–Crippen LogP) is 5.41. The third-order valence-electron chi connectivity index (χ3n) is 4.39. The van der Waals surface area contributed by atoms with E-state index in [0.717, 1.165) is 0 Å². The Morgan fingerprint density at radius 1 is 1.13 bits per heavy atom. The van der Waals surface area contributed by atoms with Crippen LogP contribution in [-0.2, 0) is 0 Å². The normalized spacial score (nSPS) is 12.2. The van der Waals surface area contributed by atoms with Crippen molar-refractivity contribution in [3.05, 3.63) is 70.5 Å². The molecule has 0 fully saturated rings. The van der Waals surface area contributed by atoms with Gasteiger partial charge in [-0.1, -0.05) is 50.1 Å². The number of carbonyl (C=O) groups excluding carboxylic acids is 2. The van der Waals surface area contributed by atoms with Crippen molar-refractivity contribution in [3.8, 4) is 0 Å². The maximum absolute atomic E-state index is 12.4. The lowest BCUT2D eigenvalue weighted by molar-refractivity contribution is 0.0946. The van der Waals surface area contributed by atoms with E-state index in [4.69, 9.17) is 11.6 Å². The molecule has 6 nitrogen and oxygen atoms in total. The van der Waals surface area contributed by atoms with Crippen molar-refractivity contribution in [1.29, 1.82) is 0 Å². The van der Waals surface area contributed by atoms with Crippen LogP contribution in [0.4, 0.5) is 5.69 Å². The van der Waals surface area contributed by atoms with Crippen LogP contribution in [0.1, 0.15) is 55.5 Å². The minimum atomic E-state index is -0.365. The van der Waals surface area contributed by atoms with Crippen LogP contribution in [0.25, 0.3) is 0 Å². The number of aromatic nitrogens is 1. The van der Waals surface area contributed by atoms with Crippen LogP contribution in [0.2, 0.25) is 5.15 Å². The number of anilines is 1. The SMILES string of the molecule is C/C(=C\C(C)NC(=O)c1ccc(NC(=O)c2cccc(Cl)n2)cc1)C(C)(C)C.C=NC. The number of carbonyl (C=O) groups is 2. The molecule has 2 aromatic rings. The summed E-state index contributed by atoms with van der Waals surface area (Å²) < 4.78 is 0. The van der Waals surface area contributed by atoms with Crippen molar-refractivity contribution in [2.75, 3.05) is 12.4 Å². The molecule has 2 N–H and O–H groups in total. The summed E-state index contributed by atoms with van der Waals surface area (Å²) in [5.74, 6) is -0.532. The van der Waals surface area contributed by atoms with E-state index in [1.165, 1.54) is 5.57 Å². The number of nitrogens with one attached hydrogen (secondary N) is 2. The van der Waals surface area contributed by atoms with Crippen LogP contribution in [-0.4, -0.2) is 36.6 Å². The van der Waals surface area contributed by atoms with E-state index in [2.05, 4.69) is 61.1 Å². The molecule has 2 amide bonds. The number of nitrogens with zero attached hydrogens (tertiary/aromatic N) is 2. The largest absolute Gasteiger partial charge is 0.346 e. The van der Waals surface area contributed by atoms with Crippen LogP contribution in [0.15, 0.2) is 59.1 Å². The number of rotatable bonds is 5. The first-order chi connectivity index (χ1) is 14.5. The quantitative estimate of drug-likeness (QED) is 0.368. The summed E-state index contributed by atoms with van der Waals surface area (Å²) in [6, 6.07) is 11.5. The standard InChI is InChI=1S/C22H26ClN3O2.C2H5N/c1-14(22(3,4)5)13-15(2)24-20(27)16-9-11-17(12-10-16)25-21(28)18-7-6-8-19(23)26-18;1-3-2/h6-13,15H,1-5H3,(H,24,27)(H,25,28);1H2,2H3/b14-13+;. The molecule has 0 aliphatic carbocycles. The Morgan fingerprint density at radius 2 is 1.71 bits per heavy atom. The van der Waals surface area contributed by atoms with Crippen molar-refractivity contribution < 1.29 is 9.59 Å². The monoisotopic (exact) mass is 442 g/mol. The van der Waals surface area contributed by atoms with E-state index >= 15 is 0 Å². The molecule has 0 saturated heterocycles. The Labute approximate surface area is 189 Å². The molecule has 0 radical (unpaired) electrons. The molecule has 0 spiro atoms. The Hall–Kier alpha value is -2.99. The summed E-state index contributed by atoms with van der Waals surface area (Å²) in [4.78, 5) is 31.8. The van der Waals surface area contributed by atoms with Crippen LogP contribution < -0.4 is 10.6 Å². The molecule has 0 aliphatic rings. The maximum atomic E-state index is 12.4. The summed E-state index contributed by atoms with van der Waals surface area (Å²) in [7, 11) is 1.64. The van der Waals surface area contributed by atoms with Crippen LogP contribution in [0.3, 0.4) is 0 Å². The molecule has 0 aliphatic heterocycles. The van der Waals surface area contributed by atoms with E-state index in [0.29, 0.717) is 11.3 Å².